The molecule has 2 fully saturated rings. The Kier molecular flexibility index (Phi) is 4.84. The third kappa shape index (κ3) is 3.55. The summed E-state index contributed by atoms with van der Waals surface area (Å²) in [6.45, 7) is 7.46. The lowest BCUT2D eigenvalue weighted by Gasteiger charge is -2.30. The van der Waals surface area contributed by atoms with E-state index in [0.29, 0.717) is 6.04 Å². The van der Waals surface area contributed by atoms with Crippen LogP contribution in [0.15, 0.2) is 24.3 Å². The van der Waals surface area contributed by atoms with Crippen LogP contribution in [-0.2, 0) is 11.2 Å². The highest BCUT2D eigenvalue weighted by molar-refractivity contribution is 5.59. The molecule has 2 aromatic rings. The fourth-order valence-electron chi connectivity index (χ4n) is 4.26. The van der Waals surface area contributed by atoms with Crippen molar-refractivity contribution in [3.05, 3.63) is 35.7 Å². The first-order valence-corrected chi connectivity index (χ1v) is 9.88. The number of aryl methyl sites for hydroxylation is 1. The molecule has 1 aromatic heterocycles. The molecule has 2 aliphatic heterocycles. The molecular weight excluding hydrogens is 324 g/mol. The Morgan fingerprint density at radius 2 is 2.00 bits per heavy atom. The molecule has 0 spiro atoms. The minimum absolute atomic E-state index is 0.0980. The molecule has 1 atom stereocenters. The molecule has 0 amide bonds. The number of aromatic nitrogens is 3. The van der Waals surface area contributed by atoms with Gasteiger partial charge in [0, 0.05) is 18.6 Å². The molecule has 4 rings (SSSR count). The van der Waals surface area contributed by atoms with Gasteiger partial charge in [-0.1, -0.05) is 24.3 Å². The summed E-state index contributed by atoms with van der Waals surface area (Å²) in [6, 6.07) is 8.84. The Labute approximate surface area is 156 Å². The van der Waals surface area contributed by atoms with Gasteiger partial charge in [-0.25, -0.2) is 9.67 Å². The average Bonchev–Trinajstić information content (AvgIpc) is 3.23. The van der Waals surface area contributed by atoms with E-state index in [1.807, 2.05) is 0 Å². The van der Waals surface area contributed by atoms with Crippen LogP contribution in [0.5, 0.6) is 0 Å². The van der Waals surface area contributed by atoms with E-state index in [0.717, 1.165) is 69.0 Å². The Morgan fingerprint density at radius 3 is 2.69 bits per heavy atom. The maximum absolute atomic E-state index is 6.05. The summed E-state index contributed by atoms with van der Waals surface area (Å²) < 4.78 is 8.28. The molecule has 5 heteroatoms. The van der Waals surface area contributed by atoms with E-state index in [9.17, 15) is 0 Å². The minimum atomic E-state index is -0.0980. The quantitative estimate of drug-likeness (QED) is 0.841. The van der Waals surface area contributed by atoms with Crippen LogP contribution < -0.4 is 0 Å². The first kappa shape index (κ1) is 17.7. The summed E-state index contributed by atoms with van der Waals surface area (Å²) in [4.78, 5) is 7.40. The maximum atomic E-state index is 6.05. The number of rotatable bonds is 4. The van der Waals surface area contributed by atoms with Crippen LogP contribution in [-0.4, -0.2) is 52.0 Å². The number of hydrogen-bond donors (Lipinski definition) is 0. The van der Waals surface area contributed by atoms with Gasteiger partial charge in [0.25, 0.3) is 0 Å². The highest BCUT2D eigenvalue weighted by Gasteiger charge is 2.34. The molecule has 1 unspecified atom stereocenters. The van der Waals surface area contributed by atoms with Gasteiger partial charge >= 0.3 is 0 Å². The number of likely N-dealkylation sites (tertiary alicyclic amines) is 1. The third-order valence-corrected chi connectivity index (χ3v) is 5.95. The lowest BCUT2D eigenvalue weighted by Crippen LogP contribution is -2.34. The molecule has 2 aliphatic rings. The summed E-state index contributed by atoms with van der Waals surface area (Å²) in [5, 5.41) is 4.99. The lowest BCUT2D eigenvalue weighted by atomic mass is 9.97. The van der Waals surface area contributed by atoms with E-state index in [2.05, 4.69) is 54.7 Å². The molecule has 3 heterocycles. The van der Waals surface area contributed by atoms with E-state index >= 15 is 0 Å². The molecule has 0 bridgehead atoms. The normalized spacial score (nSPS) is 25.0. The van der Waals surface area contributed by atoms with Crippen LogP contribution in [0.4, 0.5) is 0 Å². The van der Waals surface area contributed by atoms with Gasteiger partial charge in [-0.3, -0.25) is 0 Å². The van der Waals surface area contributed by atoms with Gasteiger partial charge in [0.15, 0.2) is 5.82 Å². The lowest BCUT2D eigenvalue weighted by molar-refractivity contribution is 0.0177. The molecule has 2 saturated heterocycles. The summed E-state index contributed by atoms with van der Waals surface area (Å²) in [7, 11) is 2.20. The van der Waals surface area contributed by atoms with Crippen molar-refractivity contribution in [2.24, 2.45) is 0 Å². The molecule has 0 saturated carbocycles. The molecular formula is C21H30N4O. The predicted molar refractivity (Wildman–Crippen MR) is 103 cm³/mol. The largest absolute Gasteiger partial charge is 0.375 e. The minimum Gasteiger partial charge on any atom is -0.375 e. The van der Waals surface area contributed by atoms with Gasteiger partial charge in [-0.2, -0.15) is 5.10 Å². The highest BCUT2D eigenvalue weighted by Crippen LogP contribution is 2.32. The maximum Gasteiger partial charge on any atom is 0.181 e. The van der Waals surface area contributed by atoms with Crippen LogP contribution >= 0.6 is 0 Å². The van der Waals surface area contributed by atoms with Crippen molar-refractivity contribution in [1.29, 1.82) is 0 Å². The Bertz CT molecular complexity index is 755. The van der Waals surface area contributed by atoms with E-state index < -0.39 is 0 Å². The summed E-state index contributed by atoms with van der Waals surface area (Å²) in [5.74, 6) is 1.95. The molecule has 140 valence electrons. The zero-order chi connectivity index (χ0) is 18.1. The van der Waals surface area contributed by atoms with Crippen molar-refractivity contribution in [3.8, 4) is 11.4 Å². The third-order valence-electron chi connectivity index (χ3n) is 5.95. The highest BCUT2D eigenvalue weighted by atomic mass is 16.5. The van der Waals surface area contributed by atoms with E-state index in [1.165, 1.54) is 5.56 Å². The average molecular weight is 354 g/mol. The Morgan fingerprint density at radius 1 is 1.23 bits per heavy atom. The Balaban J connectivity index is 1.69. The first-order chi connectivity index (χ1) is 12.5. The van der Waals surface area contributed by atoms with Crippen LogP contribution in [0, 0.1) is 6.92 Å². The van der Waals surface area contributed by atoms with Crippen LogP contribution in [0.1, 0.15) is 50.0 Å². The second-order valence-corrected chi connectivity index (χ2v) is 8.22. The molecule has 26 heavy (non-hydrogen) atoms. The van der Waals surface area contributed by atoms with Crippen molar-refractivity contribution in [3.63, 3.8) is 0 Å². The fourth-order valence-corrected chi connectivity index (χ4v) is 4.26. The van der Waals surface area contributed by atoms with Gasteiger partial charge in [-0.05, 0) is 65.2 Å². The zero-order valence-corrected chi connectivity index (χ0v) is 16.2. The second-order valence-electron chi connectivity index (χ2n) is 8.22. The number of ether oxygens (including phenoxy) is 1. The van der Waals surface area contributed by atoms with E-state index in [4.69, 9.17) is 14.8 Å². The van der Waals surface area contributed by atoms with Crippen molar-refractivity contribution in [1.82, 2.24) is 19.7 Å². The van der Waals surface area contributed by atoms with Crippen molar-refractivity contribution >= 4 is 0 Å². The molecule has 0 radical (unpaired) electrons. The second kappa shape index (κ2) is 7.12. The van der Waals surface area contributed by atoms with Crippen LogP contribution in [0.2, 0.25) is 0 Å². The summed E-state index contributed by atoms with van der Waals surface area (Å²) in [6.07, 6.45) is 5.37. The van der Waals surface area contributed by atoms with Crippen molar-refractivity contribution in [2.75, 3.05) is 26.7 Å². The molecule has 1 aromatic carbocycles. The van der Waals surface area contributed by atoms with E-state index in [1.54, 1.807) is 0 Å². The smallest absolute Gasteiger partial charge is 0.181 e. The van der Waals surface area contributed by atoms with Crippen molar-refractivity contribution in [2.45, 2.75) is 57.6 Å². The number of piperidine rings is 1. The monoisotopic (exact) mass is 354 g/mol. The molecule has 5 nitrogen and oxygen atoms in total. The summed E-state index contributed by atoms with van der Waals surface area (Å²) >= 11 is 0. The fraction of sp³-hybridized carbons (Fsp3) is 0.619. The van der Waals surface area contributed by atoms with Crippen LogP contribution in [0.25, 0.3) is 11.4 Å². The topological polar surface area (TPSA) is 43.2 Å². The standard InChI is InChI=1S/C21H30N4O/c1-16-7-4-5-8-18(16)20-22-19(15-21(2)11-6-14-26-21)25(23-20)17-9-12-24(3)13-10-17/h4-5,7-8,17H,6,9-15H2,1-3H3. The number of hydrogen-bond acceptors (Lipinski definition) is 4. The predicted octanol–water partition coefficient (Wildman–Crippen LogP) is 3.63. The van der Waals surface area contributed by atoms with Crippen molar-refractivity contribution < 1.29 is 4.74 Å². The van der Waals surface area contributed by atoms with Crippen LogP contribution in [0.3, 0.4) is 0 Å². The molecule has 0 aliphatic carbocycles. The van der Waals surface area contributed by atoms with Gasteiger partial charge in [0.2, 0.25) is 0 Å². The number of nitrogens with zero attached hydrogens (tertiary/aromatic N) is 4. The van der Waals surface area contributed by atoms with Gasteiger partial charge in [0.1, 0.15) is 5.82 Å². The first-order valence-electron chi connectivity index (χ1n) is 9.88. The van der Waals surface area contributed by atoms with Gasteiger partial charge < -0.3 is 9.64 Å². The number of benzene rings is 1. The molecule has 0 N–H and O–H groups in total. The van der Waals surface area contributed by atoms with E-state index in [-0.39, 0.29) is 5.60 Å². The SMILES string of the molecule is Cc1ccccc1-c1nc(CC2(C)CCCO2)n(C2CCN(C)CC2)n1. The van der Waals surface area contributed by atoms with Gasteiger partial charge in [0.05, 0.1) is 11.6 Å². The zero-order valence-electron chi connectivity index (χ0n) is 16.2. The Hall–Kier alpha value is -1.72. The van der Waals surface area contributed by atoms with Gasteiger partial charge in [-0.15, -0.1) is 0 Å². The summed E-state index contributed by atoms with van der Waals surface area (Å²) in [5.41, 5.74) is 2.26.